The molecule has 0 atom stereocenters. The molecule has 0 saturated carbocycles. The Bertz CT molecular complexity index is 250. The van der Waals surface area contributed by atoms with Gasteiger partial charge < -0.3 is 5.11 Å². The number of hydrogen-bond donors (Lipinski definition) is 1. The second-order valence-electron chi connectivity index (χ2n) is 3.11. The van der Waals surface area contributed by atoms with E-state index in [1.54, 1.807) is 0 Å². The van der Waals surface area contributed by atoms with Crippen LogP contribution in [0.15, 0.2) is 0 Å². The number of carbonyl (C=O) groups is 1. The maximum atomic E-state index is 10.2. The first-order valence-electron chi connectivity index (χ1n) is 4.92. The third kappa shape index (κ3) is 10.6. The van der Waals surface area contributed by atoms with E-state index in [1.807, 2.05) is 0 Å². The third-order valence-corrected chi connectivity index (χ3v) is 1.85. The second kappa shape index (κ2) is 9.68. The smallest absolute Gasteiger partial charge is 0.303 e. The maximum absolute atomic E-state index is 10.2. The highest BCUT2D eigenvalue weighted by Gasteiger charge is 1.95. The number of aliphatic carboxylic acids is 1. The van der Waals surface area contributed by atoms with Crippen molar-refractivity contribution in [1.29, 1.82) is 0 Å². The Morgan fingerprint density at radius 2 is 1.79 bits per heavy atom. The molecule has 76 valence electrons. The van der Waals surface area contributed by atoms with Crippen LogP contribution in [-0.4, -0.2) is 11.1 Å². The fraction of sp³-hybridized carbons (Fsp3) is 0.583. The minimum Gasteiger partial charge on any atom is -0.481 e. The van der Waals surface area contributed by atoms with Gasteiger partial charge in [0.25, 0.3) is 0 Å². The van der Waals surface area contributed by atoms with E-state index in [1.165, 1.54) is 0 Å². The summed E-state index contributed by atoms with van der Waals surface area (Å²) in [5, 5.41) is 8.38. The largest absolute Gasteiger partial charge is 0.481 e. The Balaban J connectivity index is 3.07. The summed E-state index contributed by atoms with van der Waals surface area (Å²) < 4.78 is 0. The molecule has 2 nitrogen and oxygen atoms in total. The number of carboxylic acids is 1. The van der Waals surface area contributed by atoms with Crippen molar-refractivity contribution in [3.8, 4) is 24.2 Å². The SMILES string of the molecule is C#CC#CCCCCCCCC(=O)O. The van der Waals surface area contributed by atoms with Gasteiger partial charge in [0.05, 0.1) is 0 Å². The highest BCUT2D eigenvalue weighted by molar-refractivity contribution is 5.66. The summed E-state index contributed by atoms with van der Waals surface area (Å²) in [6.45, 7) is 0. The van der Waals surface area contributed by atoms with E-state index in [9.17, 15) is 4.79 Å². The van der Waals surface area contributed by atoms with Gasteiger partial charge in [-0.25, -0.2) is 0 Å². The van der Waals surface area contributed by atoms with Crippen molar-refractivity contribution in [1.82, 2.24) is 0 Å². The van der Waals surface area contributed by atoms with Crippen LogP contribution in [0.1, 0.15) is 44.9 Å². The molecular formula is C12H16O2. The quantitative estimate of drug-likeness (QED) is 0.497. The van der Waals surface area contributed by atoms with Crippen LogP contribution in [0.4, 0.5) is 0 Å². The van der Waals surface area contributed by atoms with E-state index < -0.39 is 5.97 Å². The Morgan fingerprint density at radius 1 is 1.14 bits per heavy atom. The van der Waals surface area contributed by atoms with Gasteiger partial charge in [0.15, 0.2) is 0 Å². The average molecular weight is 192 g/mol. The number of carboxylic acid groups (broad SMARTS) is 1. The van der Waals surface area contributed by atoms with Crippen LogP contribution < -0.4 is 0 Å². The zero-order chi connectivity index (χ0) is 10.6. The lowest BCUT2D eigenvalue weighted by Gasteiger charge is -1.96. The molecule has 0 aliphatic heterocycles. The van der Waals surface area contributed by atoms with Crippen LogP contribution in [0, 0.1) is 24.2 Å². The number of unbranched alkanes of at least 4 members (excludes halogenated alkanes) is 5. The highest BCUT2D eigenvalue weighted by atomic mass is 16.4. The van der Waals surface area contributed by atoms with Crippen LogP contribution in [-0.2, 0) is 4.79 Å². The van der Waals surface area contributed by atoms with Gasteiger partial charge in [-0.15, -0.1) is 6.42 Å². The molecule has 2 heteroatoms. The average Bonchev–Trinajstić information content (AvgIpc) is 2.15. The molecule has 0 heterocycles. The van der Waals surface area contributed by atoms with Crippen LogP contribution >= 0.6 is 0 Å². The molecule has 0 aliphatic carbocycles. The molecule has 0 unspecified atom stereocenters. The fourth-order valence-electron chi connectivity index (χ4n) is 1.13. The minimum absolute atomic E-state index is 0.289. The molecule has 0 amide bonds. The van der Waals surface area contributed by atoms with Gasteiger partial charge in [-0.3, -0.25) is 4.79 Å². The Morgan fingerprint density at radius 3 is 2.43 bits per heavy atom. The summed E-state index contributed by atoms with van der Waals surface area (Å²) in [5.74, 6) is 6.99. The molecule has 0 aromatic carbocycles. The van der Waals surface area contributed by atoms with Gasteiger partial charge in [-0.05, 0) is 24.7 Å². The second-order valence-corrected chi connectivity index (χ2v) is 3.11. The topological polar surface area (TPSA) is 37.3 Å². The van der Waals surface area contributed by atoms with Gasteiger partial charge >= 0.3 is 5.97 Å². The number of rotatable bonds is 7. The predicted molar refractivity (Wildman–Crippen MR) is 56.6 cm³/mol. The Hall–Kier alpha value is -1.41. The fourth-order valence-corrected chi connectivity index (χ4v) is 1.13. The van der Waals surface area contributed by atoms with Crippen LogP contribution in [0.25, 0.3) is 0 Å². The summed E-state index contributed by atoms with van der Waals surface area (Å²) >= 11 is 0. The van der Waals surface area contributed by atoms with Crippen LogP contribution in [0.2, 0.25) is 0 Å². The lowest BCUT2D eigenvalue weighted by atomic mass is 10.1. The van der Waals surface area contributed by atoms with Gasteiger partial charge in [-0.1, -0.05) is 25.2 Å². The molecule has 0 aromatic rings. The molecule has 0 fully saturated rings. The van der Waals surface area contributed by atoms with E-state index in [0.717, 1.165) is 38.5 Å². The first-order chi connectivity index (χ1) is 6.77. The minimum atomic E-state index is -0.704. The van der Waals surface area contributed by atoms with Crippen molar-refractivity contribution in [3.63, 3.8) is 0 Å². The zero-order valence-electron chi connectivity index (χ0n) is 8.38. The molecular weight excluding hydrogens is 176 g/mol. The van der Waals surface area contributed by atoms with Crippen molar-refractivity contribution in [2.45, 2.75) is 44.9 Å². The summed E-state index contributed by atoms with van der Waals surface area (Å²) in [7, 11) is 0. The third-order valence-electron chi connectivity index (χ3n) is 1.85. The van der Waals surface area contributed by atoms with Crippen molar-refractivity contribution in [3.05, 3.63) is 0 Å². The Kier molecular flexibility index (Phi) is 8.70. The molecule has 0 radical (unpaired) electrons. The summed E-state index contributed by atoms with van der Waals surface area (Å²) in [6, 6.07) is 0. The molecule has 0 aromatic heterocycles. The molecule has 14 heavy (non-hydrogen) atoms. The first kappa shape index (κ1) is 12.6. The van der Waals surface area contributed by atoms with E-state index in [4.69, 9.17) is 11.5 Å². The van der Waals surface area contributed by atoms with Crippen molar-refractivity contribution >= 4 is 5.97 Å². The van der Waals surface area contributed by atoms with E-state index in [2.05, 4.69) is 17.8 Å². The standard InChI is InChI=1S/C12H16O2/c1-2-3-4-5-6-7-8-9-10-11-12(13)14/h1H,5-11H2,(H,13,14). The number of hydrogen-bond acceptors (Lipinski definition) is 1. The maximum Gasteiger partial charge on any atom is 0.303 e. The van der Waals surface area contributed by atoms with E-state index >= 15 is 0 Å². The van der Waals surface area contributed by atoms with Crippen LogP contribution in [0.5, 0.6) is 0 Å². The normalized spacial score (nSPS) is 8.50. The van der Waals surface area contributed by atoms with Crippen molar-refractivity contribution in [2.75, 3.05) is 0 Å². The zero-order valence-corrected chi connectivity index (χ0v) is 8.38. The van der Waals surface area contributed by atoms with Crippen molar-refractivity contribution < 1.29 is 9.90 Å². The Labute approximate surface area is 85.7 Å². The molecule has 0 rings (SSSR count). The highest BCUT2D eigenvalue weighted by Crippen LogP contribution is 2.06. The molecule has 0 saturated heterocycles. The molecule has 0 aliphatic rings. The molecule has 0 bridgehead atoms. The van der Waals surface area contributed by atoms with E-state index in [0.29, 0.717) is 0 Å². The predicted octanol–water partition coefficient (Wildman–Crippen LogP) is 2.44. The monoisotopic (exact) mass is 192 g/mol. The van der Waals surface area contributed by atoms with E-state index in [-0.39, 0.29) is 6.42 Å². The summed E-state index contributed by atoms with van der Waals surface area (Å²) in [6.07, 6.45) is 11.1. The lowest BCUT2D eigenvalue weighted by molar-refractivity contribution is -0.137. The van der Waals surface area contributed by atoms with Gasteiger partial charge in [-0.2, -0.15) is 0 Å². The van der Waals surface area contributed by atoms with Gasteiger partial charge in [0, 0.05) is 12.8 Å². The van der Waals surface area contributed by atoms with Gasteiger partial charge in [0.1, 0.15) is 0 Å². The lowest BCUT2D eigenvalue weighted by Crippen LogP contribution is -1.93. The molecule has 0 spiro atoms. The summed E-state index contributed by atoms with van der Waals surface area (Å²) in [5.41, 5.74) is 0. The summed E-state index contributed by atoms with van der Waals surface area (Å²) in [4.78, 5) is 10.2. The van der Waals surface area contributed by atoms with Crippen LogP contribution in [0.3, 0.4) is 0 Å². The van der Waals surface area contributed by atoms with Gasteiger partial charge in [0.2, 0.25) is 0 Å². The molecule has 1 N–H and O–H groups in total. The number of terminal acetylenes is 1. The first-order valence-corrected chi connectivity index (χ1v) is 4.92. The van der Waals surface area contributed by atoms with Crippen molar-refractivity contribution in [2.24, 2.45) is 0 Å².